The molecule has 0 spiro atoms. The zero-order valence-corrected chi connectivity index (χ0v) is 21.4. The number of rotatable bonds is 4. The standard InChI is InChI=1S/C27H34FN3O5/c1-6-25(32)29-19-11-12-23-21(13-19)26(33)30(4)15-24(35-5)17(2)14-31(18(3)16-36-23)27(34)20-9-7-8-10-22(20)28/h7-13,17-18,24H,6,14-16H2,1-5H3,(H,29,32)/t17-,18+,24-/m1/s1. The molecule has 9 heteroatoms. The van der Waals surface area contributed by atoms with Crippen LogP contribution in [0.3, 0.4) is 0 Å². The molecule has 0 bridgehead atoms. The van der Waals surface area contributed by atoms with E-state index >= 15 is 0 Å². The Morgan fingerprint density at radius 1 is 1.17 bits per heavy atom. The lowest BCUT2D eigenvalue weighted by Crippen LogP contribution is -2.48. The van der Waals surface area contributed by atoms with Crippen molar-refractivity contribution in [3.63, 3.8) is 0 Å². The molecule has 3 rings (SSSR count). The van der Waals surface area contributed by atoms with Gasteiger partial charge in [0.25, 0.3) is 11.8 Å². The molecule has 0 unspecified atom stereocenters. The van der Waals surface area contributed by atoms with Crippen LogP contribution in [0, 0.1) is 11.7 Å². The molecule has 0 aliphatic carbocycles. The van der Waals surface area contributed by atoms with Crippen molar-refractivity contribution in [2.75, 3.05) is 39.2 Å². The number of carbonyl (C=O) groups excluding carboxylic acids is 3. The van der Waals surface area contributed by atoms with E-state index in [9.17, 15) is 18.8 Å². The van der Waals surface area contributed by atoms with Crippen LogP contribution in [-0.2, 0) is 9.53 Å². The first-order valence-electron chi connectivity index (χ1n) is 12.1. The molecule has 1 heterocycles. The van der Waals surface area contributed by atoms with Gasteiger partial charge < -0.3 is 24.6 Å². The molecule has 8 nitrogen and oxygen atoms in total. The van der Waals surface area contributed by atoms with Crippen LogP contribution in [0.4, 0.5) is 10.1 Å². The van der Waals surface area contributed by atoms with Gasteiger partial charge in [0.15, 0.2) is 0 Å². The Morgan fingerprint density at radius 2 is 1.89 bits per heavy atom. The molecule has 1 N–H and O–H groups in total. The number of fused-ring (bicyclic) bond motifs is 1. The Morgan fingerprint density at radius 3 is 2.56 bits per heavy atom. The van der Waals surface area contributed by atoms with Crippen molar-refractivity contribution in [3.8, 4) is 5.75 Å². The zero-order chi connectivity index (χ0) is 26.4. The fraction of sp³-hybridized carbons (Fsp3) is 0.444. The molecular formula is C27H34FN3O5. The number of hydrogen-bond donors (Lipinski definition) is 1. The molecule has 194 valence electrons. The molecule has 0 aromatic heterocycles. The summed E-state index contributed by atoms with van der Waals surface area (Å²) in [6, 6.07) is 10.3. The summed E-state index contributed by atoms with van der Waals surface area (Å²) in [5.41, 5.74) is 0.759. The third-order valence-electron chi connectivity index (χ3n) is 6.41. The first-order valence-corrected chi connectivity index (χ1v) is 12.1. The van der Waals surface area contributed by atoms with Crippen LogP contribution in [0.5, 0.6) is 5.75 Å². The maximum atomic E-state index is 14.5. The van der Waals surface area contributed by atoms with Gasteiger partial charge in [-0.3, -0.25) is 14.4 Å². The summed E-state index contributed by atoms with van der Waals surface area (Å²) < 4.78 is 26.2. The highest BCUT2D eigenvalue weighted by molar-refractivity contribution is 5.99. The Balaban J connectivity index is 2.00. The van der Waals surface area contributed by atoms with E-state index in [1.165, 1.54) is 17.0 Å². The van der Waals surface area contributed by atoms with Crippen LogP contribution in [0.2, 0.25) is 0 Å². The lowest BCUT2D eigenvalue weighted by atomic mass is 10.0. The van der Waals surface area contributed by atoms with Crippen LogP contribution in [0.1, 0.15) is 47.9 Å². The molecule has 36 heavy (non-hydrogen) atoms. The van der Waals surface area contributed by atoms with E-state index in [4.69, 9.17) is 9.47 Å². The van der Waals surface area contributed by atoms with Gasteiger partial charge in [0, 0.05) is 45.3 Å². The molecule has 1 aliphatic rings. The van der Waals surface area contributed by atoms with Gasteiger partial charge in [0.2, 0.25) is 5.91 Å². The minimum absolute atomic E-state index is 0.0124. The van der Waals surface area contributed by atoms with E-state index in [1.54, 1.807) is 56.3 Å². The summed E-state index contributed by atoms with van der Waals surface area (Å²) in [5, 5.41) is 2.77. The van der Waals surface area contributed by atoms with Crippen molar-refractivity contribution >= 4 is 23.4 Å². The number of amides is 3. The quantitative estimate of drug-likeness (QED) is 0.691. The molecule has 2 aromatic carbocycles. The molecule has 0 fully saturated rings. The highest BCUT2D eigenvalue weighted by Crippen LogP contribution is 2.27. The number of nitrogens with one attached hydrogen (secondary N) is 1. The maximum absolute atomic E-state index is 14.5. The van der Waals surface area contributed by atoms with Gasteiger partial charge in [-0.25, -0.2) is 4.39 Å². The number of benzene rings is 2. The molecule has 3 atom stereocenters. The van der Waals surface area contributed by atoms with E-state index in [0.717, 1.165) is 0 Å². The molecule has 2 aromatic rings. The summed E-state index contributed by atoms with van der Waals surface area (Å²) in [5.74, 6) is -1.32. The predicted octanol–water partition coefficient (Wildman–Crippen LogP) is 3.82. The van der Waals surface area contributed by atoms with Gasteiger partial charge in [-0.05, 0) is 37.3 Å². The second-order valence-electron chi connectivity index (χ2n) is 9.15. The monoisotopic (exact) mass is 499 g/mol. The SMILES string of the molecule is CCC(=O)Nc1ccc2c(c1)C(=O)N(C)C[C@@H](OC)[C@H](C)CN(C(=O)c1ccccc1F)[C@@H](C)CO2. The third-order valence-corrected chi connectivity index (χ3v) is 6.41. The van der Waals surface area contributed by atoms with E-state index in [2.05, 4.69) is 5.32 Å². The van der Waals surface area contributed by atoms with Crippen LogP contribution < -0.4 is 10.1 Å². The number of hydrogen-bond acceptors (Lipinski definition) is 5. The maximum Gasteiger partial charge on any atom is 0.257 e. The van der Waals surface area contributed by atoms with Crippen LogP contribution in [0.25, 0.3) is 0 Å². The highest BCUT2D eigenvalue weighted by atomic mass is 19.1. The van der Waals surface area contributed by atoms with Crippen molar-refractivity contribution in [3.05, 3.63) is 59.4 Å². The van der Waals surface area contributed by atoms with Crippen LogP contribution in [0.15, 0.2) is 42.5 Å². The number of nitrogens with zero attached hydrogens (tertiary/aromatic N) is 2. The Hall–Kier alpha value is -3.46. The minimum Gasteiger partial charge on any atom is -0.491 e. The van der Waals surface area contributed by atoms with Crippen molar-refractivity contribution in [1.29, 1.82) is 0 Å². The fourth-order valence-electron chi connectivity index (χ4n) is 4.18. The summed E-state index contributed by atoms with van der Waals surface area (Å²) in [6.07, 6.45) is -0.0769. The fourth-order valence-corrected chi connectivity index (χ4v) is 4.18. The first-order chi connectivity index (χ1) is 17.2. The van der Waals surface area contributed by atoms with E-state index < -0.39 is 17.8 Å². The van der Waals surface area contributed by atoms with Gasteiger partial charge >= 0.3 is 0 Å². The normalized spacial score (nSPS) is 21.1. The van der Waals surface area contributed by atoms with Gasteiger partial charge in [0.1, 0.15) is 18.2 Å². The Kier molecular flexibility index (Phi) is 9.03. The smallest absolute Gasteiger partial charge is 0.257 e. The molecule has 0 radical (unpaired) electrons. The third kappa shape index (κ3) is 6.20. The molecule has 1 aliphatic heterocycles. The van der Waals surface area contributed by atoms with E-state index in [1.807, 2.05) is 13.8 Å². The summed E-state index contributed by atoms with van der Waals surface area (Å²) in [4.78, 5) is 41.8. The molecule has 3 amide bonds. The predicted molar refractivity (Wildman–Crippen MR) is 135 cm³/mol. The molecular weight excluding hydrogens is 465 g/mol. The van der Waals surface area contributed by atoms with Gasteiger partial charge in [-0.1, -0.05) is 26.0 Å². The van der Waals surface area contributed by atoms with Gasteiger partial charge in [0.05, 0.1) is 23.3 Å². The largest absolute Gasteiger partial charge is 0.491 e. The minimum atomic E-state index is -0.588. The number of carbonyl (C=O) groups is 3. The van der Waals surface area contributed by atoms with Crippen molar-refractivity contribution < 1.29 is 28.2 Å². The number of ether oxygens (including phenoxy) is 2. The lowest BCUT2D eigenvalue weighted by Gasteiger charge is -2.36. The van der Waals surface area contributed by atoms with Crippen molar-refractivity contribution in [2.24, 2.45) is 5.92 Å². The lowest BCUT2D eigenvalue weighted by molar-refractivity contribution is -0.115. The number of methoxy groups -OCH3 is 1. The Bertz CT molecular complexity index is 1110. The number of anilines is 1. The second kappa shape index (κ2) is 12.0. The van der Waals surface area contributed by atoms with Gasteiger partial charge in [-0.2, -0.15) is 0 Å². The average molecular weight is 500 g/mol. The zero-order valence-electron chi connectivity index (χ0n) is 21.4. The highest BCUT2D eigenvalue weighted by Gasteiger charge is 2.31. The number of halogens is 1. The summed E-state index contributed by atoms with van der Waals surface area (Å²) in [7, 11) is 3.23. The summed E-state index contributed by atoms with van der Waals surface area (Å²) >= 11 is 0. The Labute approximate surface area is 211 Å². The number of likely N-dealkylation sites (N-methyl/N-ethyl adjacent to an activating group) is 1. The average Bonchev–Trinajstić information content (AvgIpc) is 2.87. The van der Waals surface area contributed by atoms with Crippen molar-refractivity contribution in [2.45, 2.75) is 39.3 Å². The topological polar surface area (TPSA) is 88.2 Å². The molecule has 0 saturated heterocycles. The first kappa shape index (κ1) is 27.1. The van der Waals surface area contributed by atoms with E-state index in [0.29, 0.717) is 17.9 Å². The van der Waals surface area contributed by atoms with Crippen molar-refractivity contribution in [1.82, 2.24) is 9.80 Å². The van der Waals surface area contributed by atoms with Crippen LogP contribution in [-0.4, -0.2) is 73.5 Å². The molecule has 0 saturated carbocycles. The van der Waals surface area contributed by atoms with Gasteiger partial charge in [-0.15, -0.1) is 0 Å². The van der Waals surface area contributed by atoms with E-state index in [-0.39, 0.29) is 54.7 Å². The van der Waals surface area contributed by atoms with Crippen LogP contribution >= 0.6 is 0 Å². The summed E-state index contributed by atoms with van der Waals surface area (Å²) in [6.45, 7) is 6.12. The second-order valence-corrected chi connectivity index (χ2v) is 9.15.